The van der Waals surface area contributed by atoms with Crippen molar-refractivity contribution in [2.24, 2.45) is 48.0 Å². The molecule has 0 radical (unpaired) electrons. The van der Waals surface area contributed by atoms with Crippen molar-refractivity contribution in [3.8, 4) is 68.1 Å². The lowest BCUT2D eigenvalue weighted by Gasteiger charge is -2.27. The van der Waals surface area contributed by atoms with Crippen LogP contribution >= 0.6 is 36.0 Å². The summed E-state index contributed by atoms with van der Waals surface area (Å²) in [4.78, 5) is 64.0. The number of fused-ring (bicyclic) bond motifs is 2. The van der Waals surface area contributed by atoms with Gasteiger partial charge in [0, 0.05) is 184 Å². The second kappa shape index (κ2) is 40.9. The van der Waals surface area contributed by atoms with E-state index < -0.39 is 20.7 Å². The van der Waals surface area contributed by atoms with Gasteiger partial charge in [-0.1, -0.05) is 55.0 Å². The number of carboxylic acid groups (broad SMARTS) is 1. The van der Waals surface area contributed by atoms with Gasteiger partial charge in [0.05, 0.1) is 81.6 Å². The zero-order valence-electron chi connectivity index (χ0n) is 65.8. The number of carbonyl (C=O) groups is 1. The van der Waals surface area contributed by atoms with E-state index in [4.69, 9.17) is 77.0 Å². The Labute approximate surface area is 700 Å². The zero-order valence-corrected chi connectivity index (χ0v) is 68.2. The fourth-order valence-electron chi connectivity index (χ4n) is 11.7. The van der Waals surface area contributed by atoms with Crippen LogP contribution in [0, 0.1) is 35.1 Å². The summed E-state index contributed by atoms with van der Waals surface area (Å²) < 4.78 is 22.4. The van der Waals surface area contributed by atoms with E-state index in [9.17, 15) is 35.1 Å². The van der Waals surface area contributed by atoms with Gasteiger partial charge in [-0.3, -0.25) is 44.8 Å². The number of hydrogen-bond donors (Lipinski definition) is 5. The molecule has 17 rings (SSSR count). The molecule has 7 aromatic carbocycles. The molecule has 7 N–H and O–H groups in total. The van der Waals surface area contributed by atoms with E-state index in [0.29, 0.717) is 66.4 Å². The first kappa shape index (κ1) is 86.4. The number of anilines is 5. The van der Waals surface area contributed by atoms with E-state index in [1.165, 1.54) is 36.4 Å². The minimum absolute atomic E-state index is 0.0422. The van der Waals surface area contributed by atoms with E-state index in [0.717, 1.165) is 145 Å². The molecule has 0 atom stereocenters. The number of aromatic amines is 1. The number of aryl methyl sites for hydroxylation is 5. The highest BCUT2D eigenvalue weighted by Gasteiger charge is 2.21. The predicted octanol–water partition coefficient (Wildman–Crippen LogP) is 12.5. The third kappa shape index (κ3) is 22.8. The number of hydrogen-bond acceptors (Lipinski definition) is 29. The van der Waals surface area contributed by atoms with Crippen LogP contribution in [0.3, 0.4) is 0 Å². The second-order valence-corrected chi connectivity index (χ2v) is 27.8. The first-order valence-corrected chi connectivity index (χ1v) is 38.0. The largest absolute Gasteiger partial charge is 0.478 e. The molecular weight excluding hydrogens is 1600 g/mol. The Morgan fingerprint density at radius 1 is 0.542 bits per heavy atom. The maximum absolute atomic E-state index is 10.5. The van der Waals surface area contributed by atoms with Crippen molar-refractivity contribution in [1.82, 2.24) is 98.6 Å². The van der Waals surface area contributed by atoms with Crippen molar-refractivity contribution in [2.75, 3.05) is 80.0 Å². The Morgan fingerprint density at radius 2 is 0.933 bits per heavy atom. The van der Waals surface area contributed by atoms with Crippen LogP contribution in [-0.4, -0.2) is 188 Å². The van der Waals surface area contributed by atoms with Crippen LogP contribution in [0.25, 0.3) is 89.9 Å². The smallest absolute Gasteiger partial charge is 0.335 e. The maximum Gasteiger partial charge on any atom is 0.335 e. The first-order valence-electron chi connectivity index (χ1n) is 36.8. The van der Waals surface area contributed by atoms with Crippen LogP contribution in [0.5, 0.6) is 0 Å². The Balaban J connectivity index is 0.000000145. The van der Waals surface area contributed by atoms with Crippen LogP contribution < -0.4 is 26.6 Å². The number of nitro benzene ring substituents is 3. The third-order valence-electron chi connectivity index (χ3n) is 18.3. The standard InChI is InChI=1S/C25H25N9O.C16H16ClN5O.C9H8N4O2S.C9H8N4O2.C9H10N4.C7H5NO4.C4H9NS/c1-32-16-26-31-24(32)17-5-7-20(8-6-17)28-23-14-21(29-25(30-23)34-9-11-35-12-10-34)18-3-4-19-15-27-33(2)22(19)13-18;1-21-14-8-11(2-3-12(14)10-18-21)13-9-15(17)20-16(19-13)22-4-6-23-7-5-22;1-12-8(10-11-9(12)16)6-2-4-7(5-3-6)13(14)15;1-12-6-10-11-9(12)7-2-4-8(5-3-7)13(14)15;1-13-6-11-12-9(13)7-2-4-8(10)5-3-7;9-7(10)5-1-3-6(4-2-5)8(11)12;1-2-4(6)3-5/h3-8,13-16H,9-12H2,1-2H3,(H,28,29,30);2-3,8-10H,4-7H2,1H3;2-5H,1H3,(H,11,16);2-6H,1H3;2-6H,10H2,1H3;1-4H,(H,9,10);2-3,5H2,1H3. The second-order valence-electron chi connectivity index (χ2n) is 26.4. The monoisotopic (exact) mass is 1680 g/mol. The number of ether oxygens (including phenoxy) is 2. The molecule has 0 unspecified atom stereocenters. The van der Waals surface area contributed by atoms with Gasteiger partial charge in [-0.25, -0.2) is 19.7 Å². The number of rotatable bonds is 16. The zero-order chi connectivity index (χ0) is 85.5. The number of carboxylic acids is 1. The highest BCUT2D eigenvalue weighted by Crippen LogP contribution is 2.32. The Bertz CT molecular complexity index is 6050. The summed E-state index contributed by atoms with van der Waals surface area (Å²) in [5.74, 6) is 3.98. The van der Waals surface area contributed by atoms with Gasteiger partial charge < -0.3 is 59.4 Å². The van der Waals surface area contributed by atoms with Crippen molar-refractivity contribution < 1.29 is 34.1 Å². The van der Waals surface area contributed by atoms with E-state index >= 15 is 0 Å². The lowest BCUT2D eigenvalue weighted by Crippen LogP contribution is -2.37. The number of nitrogens with two attached hydrogens (primary N) is 2. The number of nitro groups is 3. The Hall–Kier alpha value is -14.5. The van der Waals surface area contributed by atoms with Gasteiger partial charge in [0.15, 0.2) is 28.1 Å². The average Bonchev–Trinajstić information content (AvgIpc) is 1.37. The van der Waals surface area contributed by atoms with Crippen LogP contribution in [0.4, 0.5) is 46.2 Å². The maximum atomic E-state index is 10.5. The van der Waals surface area contributed by atoms with E-state index in [1.807, 2.05) is 140 Å². The van der Waals surface area contributed by atoms with Gasteiger partial charge in [0.2, 0.25) is 11.9 Å². The molecule has 2 aliphatic heterocycles. The van der Waals surface area contributed by atoms with Gasteiger partial charge in [0.1, 0.15) is 30.0 Å². The number of nitrogens with one attached hydrogen (secondary N) is 2. The minimum atomic E-state index is -1.09. The summed E-state index contributed by atoms with van der Waals surface area (Å²) in [5, 5.41) is 84.5. The van der Waals surface area contributed by atoms with Gasteiger partial charge in [-0.2, -0.15) is 20.3 Å². The molecule has 2 saturated heterocycles. The molecule has 2 fully saturated rings. The van der Waals surface area contributed by atoms with Gasteiger partial charge in [-0.15, -0.1) is 30.6 Å². The number of nitrogen functional groups attached to an aromatic ring is 1. The number of H-pyrrole nitrogens is 1. The number of thiocarbonyl (C=S) groups is 1. The molecule has 10 heterocycles. The van der Waals surface area contributed by atoms with Crippen molar-refractivity contribution in [2.45, 2.75) is 13.3 Å². The van der Waals surface area contributed by atoms with Gasteiger partial charge >= 0.3 is 5.97 Å². The fraction of sp³-hybridized carbons (Fsp3) is 0.215. The van der Waals surface area contributed by atoms with E-state index in [-0.39, 0.29) is 22.6 Å². The lowest BCUT2D eigenvalue weighted by molar-refractivity contribution is -0.385. The van der Waals surface area contributed by atoms with Gasteiger partial charge in [-0.05, 0) is 116 Å². The quantitative estimate of drug-likeness (QED) is 0.0197. The van der Waals surface area contributed by atoms with Gasteiger partial charge in [0.25, 0.3) is 17.1 Å². The Morgan fingerprint density at radius 3 is 1.31 bits per heavy atom. The summed E-state index contributed by atoms with van der Waals surface area (Å²) in [5.41, 5.74) is 21.9. The SMILES string of the molecule is CCC(=S)CN.Cn1c(-c2ccc([N+](=O)[O-])cc2)n[nH]c1=S.Cn1cnnc1-c1ccc(N)cc1.Cn1cnnc1-c1ccc(Nc2cc(-c3ccc4cnn(C)c4c3)nc(N3CCOCC3)n2)cc1.Cn1cnnc1-c1ccc([N+](=O)[O-])cc1.Cn1ncc2ccc(-c3cc(Cl)nc(N4CCOCC4)n3)cc21.O=C(O)c1ccc([N+](=O)[O-])cc1. The molecule has 41 heteroatoms. The number of benzene rings is 7. The first-order chi connectivity index (χ1) is 57.8. The summed E-state index contributed by atoms with van der Waals surface area (Å²) in [6.07, 6.45) is 9.61. The summed E-state index contributed by atoms with van der Waals surface area (Å²) in [7, 11) is 11.3. The number of morpholine rings is 2. The topological polar surface area (TPSA) is 469 Å². The highest BCUT2D eigenvalue weighted by molar-refractivity contribution is 7.80. The molecule has 2 aliphatic rings. The molecule has 38 nitrogen and oxygen atoms in total. The molecule has 616 valence electrons. The number of halogens is 1. The predicted molar refractivity (Wildman–Crippen MR) is 461 cm³/mol. The van der Waals surface area contributed by atoms with Crippen LogP contribution in [0.2, 0.25) is 5.15 Å². The lowest BCUT2D eigenvalue weighted by atomic mass is 10.1. The van der Waals surface area contributed by atoms with Crippen LogP contribution in [0.1, 0.15) is 23.7 Å². The Kier molecular flexibility index (Phi) is 29.5. The summed E-state index contributed by atoms with van der Waals surface area (Å²) in [6.45, 7) is 8.36. The van der Waals surface area contributed by atoms with Crippen LogP contribution in [-0.2, 0) is 51.8 Å². The van der Waals surface area contributed by atoms with Crippen LogP contribution in [0.15, 0.2) is 201 Å². The molecule has 0 spiro atoms. The molecule has 8 aromatic heterocycles. The number of nitrogens with zero attached hydrogens (tertiary/aromatic N) is 24. The summed E-state index contributed by atoms with van der Waals surface area (Å²) >= 11 is 15.9. The normalized spacial score (nSPS) is 12.1. The number of aromatic nitrogens is 20. The molecule has 120 heavy (non-hydrogen) atoms. The average molecular weight is 1680 g/mol. The minimum Gasteiger partial charge on any atom is -0.478 e. The number of non-ortho nitro benzene ring substituents is 3. The van der Waals surface area contributed by atoms with Crippen molar-refractivity contribution in [3.05, 3.63) is 247 Å². The van der Waals surface area contributed by atoms with E-state index in [1.54, 1.807) is 65.5 Å². The number of aromatic carboxylic acids is 1. The molecule has 0 aliphatic carbocycles. The highest BCUT2D eigenvalue weighted by atomic mass is 35.5. The van der Waals surface area contributed by atoms with Crippen molar-refractivity contribution in [1.29, 1.82) is 0 Å². The molecule has 0 amide bonds. The van der Waals surface area contributed by atoms with E-state index in [2.05, 4.69) is 95.4 Å². The third-order valence-corrected chi connectivity index (χ3v) is 19.3. The van der Waals surface area contributed by atoms with Crippen molar-refractivity contribution >= 4 is 115 Å². The molecule has 0 saturated carbocycles. The fourth-order valence-corrected chi connectivity index (χ4v) is 12.0. The summed E-state index contributed by atoms with van der Waals surface area (Å²) in [6, 6.07) is 48.9. The molecule has 15 aromatic rings. The molecular formula is C79H81ClN28O10S2. The molecule has 0 bridgehead atoms. The van der Waals surface area contributed by atoms with Crippen molar-refractivity contribution in [3.63, 3.8) is 0 Å².